The molecule has 1 atom stereocenters. The first kappa shape index (κ1) is 14.5. The monoisotopic (exact) mass is 242 g/mol. The van der Waals surface area contributed by atoms with E-state index >= 15 is 0 Å². The molecule has 0 saturated carbocycles. The van der Waals surface area contributed by atoms with E-state index in [2.05, 4.69) is 30.7 Å². The smallest absolute Gasteiger partial charge is 0.303 e. The molecular weight excluding hydrogens is 216 g/mol. The summed E-state index contributed by atoms with van der Waals surface area (Å²) in [5, 5.41) is 8.70. The summed E-state index contributed by atoms with van der Waals surface area (Å²) in [5.41, 5.74) is 0. The molecule has 1 aliphatic heterocycles. The number of aliphatic carboxylic acids is 1. The number of hydrogen-bond acceptors (Lipinski definition) is 3. The van der Waals surface area contributed by atoms with E-state index in [0.717, 1.165) is 13.0 Å². The zero-order valence-electron chi connectivity index (χ0n) is 11.4. The van der Waals surface area contributed by atoms with Gasteiger partial charge >= 0.3 is 5.97 Å². The maximum absolute atomic E-state index is 10.6. The fourth-order valence-electron chi connectivity index (χ4n) is 2.54. The molecule has 0 aromatic heterocycles. The Morgan fingerprint density at radius 3 is 2.53 bits per heavy atom. The predicted molar refractivity (Wildman–Crippen MR) is 69.2 cm³/mol. The Balaban J connectivity index is 2.32. The van der Waals surface area contributed by atoms with E-state index in [-0.39, 0.29) is 6.42 Å². The molecule has 0 radical (unpaired) electrons. The number of nitrogens with zero attached hydrogens (tertiary/aromatic N) is 2. The van der Waals surface area contributed by atoms with Crippen molar-refractivity contribution in [3.05, 3.63) is 0 Å². The Kier molecular flexibility index (Phi) is 5.92. The second-order valence-electron chi connectivity index (χ2n) is 5.11. The summed E-state index contributed by atoms with van der Waals surface area (Å²) >= 11 is 0. The van der Waals surface area contributed by atoms with Crippen LogP contribution in [0.1, 0.15) is 39.5 Å². The van der Waals surface area contributed by atoms with Gasteiger partial charge in [-0.05, 0) is 52.9 Å². The highest BCUT2D eigenvalue weighted by Gasteiger charge is 2.24. The molecule has 1 unspecified atom stereocenters. The molecule has 1 saturated heterocycles. The molecule has 1 aliphatic rings. The zero-order chi connectivity index (χ0) is 12.8. The zero-order valence-corrected chi connectivity index (χ0v) is 11.4. The average Bonchev–Trinajstić information content (AvgIpc) is 2.35. The van der Waals surface area contributed by atoms with Crippen molar-refractivity contribution in [1.82, 2.24) is 9.80 Å². The van der Waals surface area contributed by atoms with E-state index in [0.29, 0.717) is 12.1 Å². The highest BCUT2D eigenvalue weighted by molar-refractivity contribution is 5.66. The molecule has 1 N–H and O–H groups in total. The van der Waals surface area contributed by atoms with Crippen LogP contribution < -0.4 is 0 Å². The number of carboxylic acids is 1. The van der Waals surface area contributed by atoms with Crippen LogP contribution in [0.4, 0.5) is 0 Å². The van der Waals surface area contributed by atoms with E-state index in [1.165, 1.54) is 25.9 Å². The minimum atomic E-state index is -0.689. The Morgan fingerprint density at radius 1 is 1.47 bits per heavy atom. The Labute approximate surface area is 105 Å². The molecule has 100 valence electrons. The number of carboxylic acid groups (broad SMARTS) is 1. The molecule has 0 aromatic carbocycles. The first-order chi connectivity index (χ1) is 8.04. The Bertz CT molecular complexity index is 238. The van der Waals surface area contributed by atoms with Gasteiger partial charge in [-0.3, -0.25) is 4.79 Å². The van der Waals surface area contributed by atoms with E-state index in [1.54, 1.807) is 0 Å². The van der Waals surface area contributed by atoms with Crippen LogP contribution in [0.3, 0.4) is 0 Å². The number of likely N-dealkylation sites (tertiary alicyclic amines) is 1. The van der Waals surface area contributed by atoms with Crippen LogP contribution in [0.2, 0.25) is 0 Å². The van der Waals surface area contributed by atoms with Gasteiger partial charge in [0.25, 0.3) is 0 Å². The molecule has 0 amide bonds. The molecule has 0 aromatic rings. The van der Waals surface area contributed by atoms with Crippen molar-refractivity contribution < 1.29 is 9.90 Å². The van der Waals surface area contributed by atoms with Crippen LogP contribution in [-0.2, 0) is 4.79 Å². The van der Waals surface area contributed by atoms with Crippen LogP contribution in [0.5, 0.6) is 0 Å². The summed E-state index contributed by atoms with van der Waals surface area (Å²) in [6, 6.07) is 0.992. The summed E-state index contributed by atoms with van der Waals surface area (Å²) in [4.78, 5) is 15.4. The summed E-state index contributed by atoms with van der Waals surface area (Å²) in [5.74, 6) is -0.689. The van der Waals surface area contributed by atoms with Crippen LogP contribution in [0.25, 0.3) is 0 Å². The molecule has 0 bridgehead atoms. The molecule has 0 aliphatic carbocycles. The lowest BCUT2D eigenvalue weighted by molar-refractivity contribution is -0.137. The van der Waals surface area contributed by atoms with E-state index in [4.69, 9.17) is 5.11 Å². The minimum Gasteiger partial charge on any atom is -0.481 e. The van der Waals surface area contributed by atoms with Crippen LogP contribution in [0.15, 0.2) is 0 Å². The number of rotatable bonds is 6. The highest BCUT2D eigenvalue weighted by atomic mass is 16.4. The lowest BCUT2D eigenvalue weighted by atomic mass is 10.0. The second kappa shape index (κ2) is 6.97. The fourth-order valence-corrected chi connectivity index (χ4v) is 2.54. The lowest BCUT2D eigenvalue weighted by Crippen LogP contribution is -2.46. The van der Waals surface area contributed by atoms with Crippen LogP contribution in [-0.4, -0.2) is 59.6 Å². The molecule has 0 spiro atoms. The van der Waals surface area contributed by atoms with Gasteiger partial charge in [-0.1, -0.05) is 6.92 Å². The minimum absolute atomic E-state index is 0.277. The van der Waals surface area contributed by atoms with Crippen molar-refractivity contribution in [3.63, 3.8) is 0 Å². The first-order valence-corrected chi connectivity index (χ1v) is 6.70. The third-order valence-electron chi connectivity index (χ3n) is 4.05. The summed E-state index contributed by atoms with van der Waals surface area (Å²) in [6.45, 7) is 7.84. The second-order valence-corrected chi connectivity index (χ2v) is 5.11. The maximum Gasteiger partial charge on any atom is 0.303 e. The van der Waals surface area contributed by atoms with Crippen LogP contribution in [0, 0.1) is 0 Å². The standard InChI is InChI=1S/C13H26N2O2/c1-4-15-9-7-12(8-10-15)14(3)11(2)5-6-13(16)17/h11-12H,4-10H2,1-3H3,(H,16,17). The molecule has 4 nitrogen and oxygen atoms in total. The molecule has 4 heteroatoms. The molecule has 17 heavy (non-hydrogen) atoms. The van der Waals surface area contributed by atoms with Crippen molar-refractivity contribution in [3.8, 4) is 0 Å². The van der Waals surface area contributed by atoms with E-state index < -0.39 is 5.97 Å². The van der Waals surface area contributed by atoms with Crippen molar-refractivity contribution in [2.45, 2.75) is 51.6 Å². The van der Waals surface area contributed by atoms with Crippen molar-refractivity contribution in [2.75, 3.05) is 26.7 Å². The van der Waals surface area contributed by atoms with Gasteiger partial charge in [0.2, 0.25) is 0 Å². The van der Waals surface area contributed by atoms with Gasteiger partial charge in [0.05, 0.1) is 0 Å². The Hall–Kier alpha value is -0.610. The molecule has 1 heterocycles. The van der Waals surface area contributed by atoms with Gasteiger partial charge in [-0.15, -0.1) is 0 Å². The number of piperidine rings is 1. The Morgan fingerprint density at radius 2 is 2.06 bits per heavy atom. The first-order valence-electron chi connectivity index (χ1n) is 6.70. The van der Waals surface area contributed by atoms with Gasteiger partial charge < -0.3 is 14.9 Å². The third-order valence-corrected chi connectivity index (χ3v) is 4.05. The van der Waals surface area contributed by atoms with E-state index in [1.807, 2.05) is 0 Å². The fraction of sp³-hybridized carbons (Fsp3) is 0.923. The lowest BCUT2D eigenvalue weighted by Gasteiger charge is -2.39. The third kappa shape index (κ3) is 4.64. The van der Waals surface area contributed by atoms with Gasteiger partial charge in [0.1, 0.15) is 0 Å². The summed E-state index contributed by atoms with van der Waals surface area (Å²) in [6.07, 6.45) is 3.45. The molecule has 1 fully saturated rings. The van der Waals surface area contributed by atoms with Gasteiger partial charge in [-0.2, -0.15) is 0 Å². The van der Waals surface area contributed by atoms with E-state index in [9.17, 15) is 4.79 Å². The summed E-state index contributed by atoms with van der Waals surface area (Å²) < 4.78 is 0. The molecular formula is C13H26N2O2. The number of hydrogen-bond donors (Lipinski definition) is 1. The average molecular weight is 242 g/mol. The van der Waals surface area contributed by atoms with Crippen LogP contribution >= 0.6 is 0 Å². The van der Waals surface area contributed by atoms with Crippen molar-refractivity contribution in [1.29, 1.82) is 0 Å². The summed E-state index contributed by atoms with van der Waals surface area (Å²) in [7, 11) is 2.14. The van der Waals surface area contributed by atoms with Crippen molar-refractivity contribution in [2.24, 2.45) is 0 Å². The number of carbonyl (C=O) groups is 1. The predicted octanol–water partition coefficient (Wildman–Crippen LogP) is 1.66. The largest absolute Gasteiger partial charge is 0.481 e. The SMILES string of the molecule is CCN1CCC(N(C)C(C)CCC(=O)O)CC1. The normalized spacial score (nSPS) is 20.7. The topological polar surface area (TPSA) is 43.8 Å². The van der Waals surface area contributed by atoms with Crippen molar-refractivity contribution >= 4 is 5.97 Å². The quantitative estimate of drug-likeness (QED) is 0.769. The van der Waals surface area contributed by atoms with Gasteiger partial charge in [0, 0.05) is 18.5 Å². The maximum atomic E-state index is 10.6. The highest BCUT2D eigenvalue weighted by Crippen LogP contribution is 2.18. The van der Waals surface area contributed by atoms with Gasteiger partial charge in [-0.25, -0.2) is 0 Å². The van der Waals surface area contributed by atoms with Gasteiger partial charge in [0.15, 0.2) is 0 Å². The molecule has 1 rings (SSSR count).